The Morgan fingerprint density at radius 1 is 1.25 bits per heavy atom. The molecule has 2 rings (SSSR count). The molecule has 2 aromatic carbocycles. The Bertz CT molecular complexity index is 602. The van der Waals surface area contributed by atoms with Crippen LogP contribution < -0.4 is 11.1 Å². The summed E-state index contributed by atoms with van der Waals surface area (Å²) in [5.74, 6) is -0.307. The lowest BCUT2D eigenvalue weighted by Crippen LogP contribution is -2.29. The van der Waals surface area contributed by atoms with Crippen LogP contribution >= 0.6 is 15.9 Å². The van der Waals surface area contributed by atoms with Crippen LogP contribution in [0.2, 0.25) is 0 Å². The van der Waals surface area contributed by atoms with Gasteiger partial charge in [0.2, 0.25) is 0 Å². The van der Waals surface area contributed by atoms with Gasteiger partial charge in [-0.05, 0) is 23.8 Å². The minimum Gasteiger partial charge on any atom is -0.398 e. The first kappa shape index (κ1) is 14.6. The van der Waals surface area contributed by atoms with Gasteiger partial charge in [-0.25, -0.2) is 0 Å². The van der Waals surface area contributed by atoms with Crippen LogP contribution in [0.4, 0.5) is 5.69 Å². The maximum atomic E-state index is 12.0. The highest BCUT2D eigenvalue weighted by atomic mass is 79.9. The predicted octanol–water partition coefficient (Wildman–Crippen LogP) is 2.49. The standard InChI is InChI=1S/C15H15BrN2O2/c16-11-6-7-13(17)12(8-11)15(20)18-9-14(19)10-4-2-1-3-5-10/h1-8,14,19H,9,17H2,(H,18,20). The number of hydrogen-bond acceptors (Lipinski definition) is 3. The summed E-state index contributed by atoms with van der Waals surface area (Å²) in [6, 6.07) is 14.3. The lowest BCUT2D eigenvalue weighted by molar-refractivity contribution is 0.0917. The molecule has 0 aliphatic heterocycles. The molecule has 4 N–H and O–H groups in total. The van der Waals surface area contributed by atoms with Crippen molar-refractivity contribution in [2.45, 2.75) is 6.10 Å². The number of nitrogens with one attached hydrogen (secondary N) is 1. The number of carbonyl (C=O) groups excluding carboxylic acids is 1. The van der Waals surface area contributed by atoms with E-state index in [1.54, 1.807) is 18.2 Å². The molecule has 0 heterocycles. The second-order valence-electron chi connectivity index (χ2n) is 4.37. The van der Waals surface area contributed by atoms with E-state index in [1.165, 1.54) is 0 Å². The maximum absolute atomic E-state index is 12.0. The fourth-order valence-electron chi connectivity index (χ4n) is 1.80. The van der Waals surface area contributed by atoms with E-state index in [1.807, 2.05) is 30.3 Å². The van der Waals surface area contributed by atoms with Crippen molar-refractivity contribution in [1.29, 1.82) is 0 Å². The largest absolute Gasteiger partial charge is 0.398 e. The van der Waals surface area contributed by atoms with E-state index in [9.17, 15) is 9.90 Å². The number of anilines is 1. The Balaban J connectivity index is 2.00. The number of carbonyl (C=O) groups is 1. The summed E-state index contributed by atoms with van der Waals surface area (Å²) in [5.41, 5.74) is 7.31. The van der Waals surface area contributed by atoms with Crippen molar-refractivity contribution in [3.05, 3.63) is 64.1 Å². The Hall–Kier alpha value is -1.85. The molecule has 0 aromatic heterocycles. The summed E-state index contributed by atoms with van der Waals surface area (Å²) >= 11 is 3.30. The number of benzene rings is 2. The highest BCUT2D eigenvalue weighted by Gasteiger charge is 2.13. The molecule has 0 aliphatic rings. The molecule has 104 valence electrons. The van der Waals surface area contributed by atoms with Gasteiger partial charge in [-0.1, -0.05) is 46.3 Å². The van der Waals surface area contributed by atoms with Crippen molar-refractivity contribution in [3.8, 4) is 0 Å². The third kappa shape index (κ3) is 3.59. The Morgan fingerprint density at radius 2 is 1.95 bits per heavy atom. The van der Waals surface area contributed by atoms with E-state index in [-0.39, 0.29) is 12.5 Å². The van der Waals surface area contributed by atoms with Crippen molar-refractivity contribution < 1.29 is 9.90 Å². The average molecular weight is 335 g/mol. The molecule has 0 bridgehead atoms. The van der Waals surface area contributed by atoms with Gasteiger partial charge in [0.15, 0.2) is 0 Å². The lowest BCUT2D eigenvalue weighted by atomic mass is 10.1. The van der Waals surface area contributed by atoms with Crippen LogP contribution in [0.15, 0.2) is 53.0 Å². The van der Waals surface area contributed by atoms with Gasteiger partial charge in [0.05, 0.1) is 11.7 Å². The van der Waals surface area contributed by atoms with E-state index in [0.717, 1.165) is 10.0 Å². The van der Waals surface area contributed by atoms with Gasteiger partial charge in [0, 0.05) is 16.7 Å². The number of halogens is 1. The fourth-order valence-corrected chi connectivity index (χ4v) is 2.16. The summed E-state index contributed by atoms with van der Waals surface area (Å²) in [4.78, 5) is 12.0. The first-order chi connectivity index (χ1) is 9.58. The minimum atomic E-state index is -0.742. The molecule has 1 atom stereocenters. The van der Waals surface area contributed by atoms with Gasteiger partial charge < -0.3 is 16.2 Å². The highest BCUT2D eigenvalue weighted by molar-refractivity contribution is 9.10. The Morgan fingerprint density at radius 3 is 2.65 bits per heavy atom. The Kier molecular flexibility index (Phi) is 4.76. The molecule has 2 aromatic rings. The number of aliphatic hydroxyl groups excluding tert-OH is 1. The third-order valence-corrected chi connectivity index (χ3v) is 3.39. The second-order valence-corrected chi connectivity index (χ2v) is 5.28. The molecule has 0 fully saturated rings. The molecule has 1 unspecified atom stereocenters. The molecule has 20 heavy (non-hydrogen) atoms. The molecule has 0 saturated heterocycles. The smallest absolute Gasteiger partial charge is 0.253 e. The Labute approximate surface area is 125 Å². The van der Waals surface area contributed by atoms with Gasteiger partial charge in [-0.3, -0.25) is 4.79 Å². The molecule has 0 radical (unpaired) electrons. The summed E-state index contributed by atoms with van der Waals surface area (Å²) < 4.78 is 0.778. The minimum absolute atomic E-state index is 0.134. The van der Waals surface area contributed by atoms with Crippen LogP contribution in [0.3, 0.4) is 0 Å². The average Bonchev–Trinajstić information content (AvgIpc) is 2.47. The third-order valence-electron chi connectivity index (χ3n) is 2.90. The zero-order valence-corrected chi connectivity index (χ0v) is 12.3. The number of aliphatic hydroxyl groups is 1. The summed E-state index contributed by atoms with van der Waals surface area (Å²) in [5, 5.41) is 12.7. The molecule has 0 aliphatic carbocycles. The number of rotatable bonds is 4. The van der Waals surface area contributed by atoms with Crippen LogP contribution in [0.5, 0.6) is 0 Å². The maximum Gasteiger partial charge on any atom is 0.253 e. The molecular formula is C15H15BrN2O2. The van der Waals surface area contributed by atoms with Crippen LogP contribution in [0, 0.1) is 0 Å². The van der Waals surface area contributed by atoms with Gasteiger partial charge in [0.1, 0.15) is 0 Å². The van der Waals surface area contributed by atoms with E-state index in [2.05, 4.69) is 21.2 Å². The van der Waals surface area contributed by atoms with Crippen molar-refractivity contribution in [2.24, 2.45) is 0 Å². The summed E-state index contributed by atoms with van der Waals surface area (Å²) in [6.07, 6.45) is -0.742. The highest BCUT2D eigenvalue weighted by Crippen LogP contribution is 2.18. The van der Waals surface area contributed by atoms with Crippen LogP contribution in [-0.4, -0.2) is 17.6 Å². The van der Waals surface area contributed by atoms with Crippen molar-refractivity contribution in [1.82, 2.24) is 5.32 Å². The monoisotopic (exact) mass is 334 g/mol. The van der Waals surface area contributed by atoms with E-state index < -0.39 is 6.10 Å². The number of hydrogen-bond donors (Lipinski definition) is 3. The first-order valence-corrected chi connectivity index (χ1v) is 6.93. The SMILES string of the molecule is Nc1ccc(Br)cc1C(=O)NCC(O)c1ccccc1. The van der Waals surface area contributed by atoms with Crippen molar-refractivity contribution >= 4 is 27.5 Å². The zero-order chi connectivity index (χ0) is 14.5. The first-order valence-electron chi connectivity index (χ1n) is 6.14. The molecule has 1 amide bonds. The summed E-state index contributed by atoms with van der Waals surface area (Å²) in [7, 11) is 0. The van der Waals surface area contributed by atoms with Crippen LogP contribution in [0.1, 0.15) is 22.0 Å². The topological polar surface area (TPSA) is 75.4 Å². The predicted molar refractivity (Wildman–Crippen MR) is 82.3 cm³/mol. The lowest BCUT2D eigenvalue weighted by Gasteiger charge is -2.13. The van der Waals surface area contributed by atoms with Gasteiger partial charge in [0.25, 0.3) is 5.91 Å². The van der Waals surface area contributed by atoms with E-state index >= 15 is 0 Å². The number of amides is 1. The molecule has 0 spiro atoms. The van der Waals surface area contributed by atoms with E-state index in [0.29, 0.717) is 11.3 Å². The van der Waals surface area contributed by atoms with Crippen molar-refractivity contribution in [3.63, 3.8) is 0 Å². The second kappa shape index (κ2) is 6.54. The summed E-state index contributed by atoms with van der Waals surface area (Å²) in [6.45, 7) is 0.134. The van der Waals surface area contributed by atoms with Gasteiger partial charge in [-0.2, -0.15) is 0 Å². The zero-order valence-electron chi connectivity index (χ0n) is 10.7. The van der Waals surface area contributed by atoms with Crippen molar-refractivity contribution in [2.75, 3.05) is 12.3 Å². The molecule has 0 saturated carbocycles. The van der Waals surface area contributed by atoms with Gasteiger partial charge >= 0.3 is 0 Å². The van der Waals surface area contributed by atoms with Crippen LogP contribution in [0.25, 0.3) is 0 Å². The number of nitrogen functional groups attached to an aromatic ring is 1. The normalized spacial score (nSPS) is 11.9. The molecular weight excluding hydrogens is 320 g/mol. The van der Waals surface area contributed by atoms with Gasteiger partial charge in [-0.15, -0.1) is 0 Å². The fraction of sp³-hybridized carbons (Fsp3) is 0.133. The molecule has 4 nitrogen and oxygen atoms in total. The number of nitrogens with two attached hydrogens (primary N) is 1. The van der Waals surface area contributed by atoms with Crippen LogP contribution in [-0.2, 0) is 0 Å². The quantitative estimate of drug-likeness (QED) is 0.752. The van der Waals surface area contributed by atoms with E-state index in [4.69, 9.17) is 5.73 Å². The molecule has 5 heteroatoms.